The van der Waals surface area contributed by atoms with Crippen molar-refractivity contribution in [2.24, 2.45) is 11.8 Å². The molecule has 0 spiro atoms. The van der Waals surface area contributed by atoms with E-state index in [0.29, 0.717) is 24.0 Å². The smallest absolute Gasteiger partial charge is 0.273 e. The third kappa shape index (κ3) is 5.08. The molecule has 2 aromatic heterocycles. The Morgan fingerprint density at radius 2 is 1.80 bits per heavy atom. The van der Waals surface area contributed by atoms with E-state index < -0.39 is 0 Å². The van der Waals surface area contributed by atoms with E-state index >= 15 is 0 Å². The van der Waals surface area contributed by atoms with Crippen LogP contribution >= 0.6 is 0 Å². The van der Waals surface area contributed by atoms with Crippen molar-refractivity contribution in [2.75, 3.05) is 26.2 Å². The Kier molecular flexibility index (Phi) is 6.92. The first-order valence-corrected chi connectivity index (χ1v) is 10.7. The molecule has 0 fully saturated rings. The van der Waals surface area contributed by atoms with Crippen LogP contribution in [-0.2, 0) is 11.3 Å². The maximum atomic E-state index is 12.8. The Balaban J connectivity index is 1.76. The van der Waals surface area contributed by atoms with E-state index in [2.05, 4.69) is 42.9 Å². The SMILES string of the molecule is Cc1cc(=O)nc2c3ccccc3n(CC(=O)NCCN(CC(C)C)CC(C)C)n12. The molecule has 3 aromatic rings. The number of amides is 1. The van der Waals surface area contributed by atoms with Crippen molar-refractivity contribution in [3.63, 3.8) is 0 Å². The molecule has 30 heavy (non-hydrogen) atoms. The molecule has 0 saturated carbocycles. The van der Waals surface area contributed by atoms with Crippen LogP contribution < -0.4 is 10.9 Å². The fraction of sp³-hybridized carbons (Fsp3) is 0.522. The lowest BCUT2D eigenvalue weighted by Crippen LogP contribution is -2.39. The highest BCUT2D eigenvalue weighted by molar-refractivity contribution is 5.93. The van der Waals surface area contributed by atoms with Crippen molar-refractivity contribution in [1.82, 2.24) is 24.4 Å². The Labute approximate surface area is 177 Å². The average molecular weight is 412 g/mol. The first-order valence-electron chi connectivity index (χ1n) is 10.7. The number of rotatable bonds is 9. The zero-order valence-electron chi connectivity index (χ0n) is 18.7. The number of nitrogens with one attached hydrogen (secondary N) is 1. The van der Waals surface area contributed by atoms with Crippen LogP contribution in [0.15, 0.2) is 35.1 Å². The van der Waals surface area contributed by atoms with Gasteiger partial charge in [0.2, 0.25) is 5.91 Å². The average Bonchev–Trinajstić information content (AvgIpc) is 2.95. The molecule has 0 atom stereocenters. The normalized spacial score (nSPS) is 12.0. The van der Waals surface area contributed by atoms with Gasteiger partial charge in [0.1, 0.15) is 6.54 Å². The van der Waals surface area contributed by atoms with Crippen LogP contribution in [0.4, 0.5) is 0 Å². The number of fused-ring (bicyclic) bond motifs is 3. The molecule has 0 radical (unpaired) electrons. The van der Waals surface area contributed by atoms with Crippen molar-refractivity contribution >= 4 is 22.5 Å². The van der Waals surface area contributed by atoms with Crippen molar-refractivity contribution in [1.29, 1.82) is 0 Å². The van der Waals surface area contributed by atoms with Crippen molar-refractivity contribution in [3.8, 4) is 0 Å². The van der Waals surface area contributed by atoms with E-state index in [4.69, 9.17) is 0 Å². The van der Waals surface area contributed by atoms with Crippen molar-refractivity contribution in [3.05, 3.63) is 46.4 Å². The number of aryl methyl sites for hydroxylation is 1. The van der Waals surface area contributed by atoms with Gasteiger partial charge in [0.15, 0.2) is 5.65 Å². The number of para-hydroxylation sites is 1. The van der Waals surface area contributed by atoms with E-state index in [9.17, 15) is 9.59 Å². The quantitative estimate of drug-likeness (QED) is 0.588. The lowest BCUT2D eigenvalue weighted by molar-refractivity contribution is -0.121. The molecule has 1 N–H and O–H groups in total. The highest BCUT2D eigenvalue weighted by Gasteiger charge is 2.16. The summed E-state index contributed by atoms with van der Waals surface area (Å²) in [5.41, 5.74) is 1.96. The molecule has 3 rings (SSSR count). The van der Waals surface area contributed by atoms with Gasteiger partial charge in [-0.25, -0.2) is 4.52 Å². The summed E-state index contributed by atoms with van der Waals surface area (Å²) < 4.78 is 3.75. The first kappa shape index (κ1) is 22.0. The van der Waals surface area contributed by atoms with Crippen LogP contribution in [0.5, 0.6) is 0 Å². The van der Waals surface area contributed by atoms with Gasteiger partial charge in [-0.15, -0.1) is 0 Å². The summed E-state index contributed by atoms with van der Waals surface area (Å²) in [6, 6.07) is 9.23. The zero-order valence-corrected chi connectivity index (χ0v) is 18.7. The Hall–Kier alpha value is -2.67. The van der Waals surface area contributed by atoms with Gasteiger partial charge in [0.05, 0.1) is 5.52 Å². The lowest BCUT2D eigenvalue weighted by Gasteiger charge is -2.26. The minimum atomic E-state index is -0.268. The van der Waals surface area contributed by atoms with Gasteiger partial charge in [0.25, 0.3) is 5.56 Å². The van der Waals surface area contributed by atoms with E-state index in [1.54, 1.807) is 0 Å². The number of aromatic nitrogens is 3. The standard InChI is InChI=1S/C23H33N5O2/c1-16(2)13-26(14-17(3)4)11-10-24-22(30)15-27-20-9-7-6-8-19(20)23-25-21(29)12-18(5)28(23)27/h6-9,12,16-17H,10-11,13-15H2,1-5H3,(H,24,30). The molecular weight excluding hydrogens is 378 g/mol. The van der Waals surface area contributed by atoms with E-state index in [0.717, 1.165) is 36.2 Å². The summed E-state index contributed by atoms with van der Waals surface area (Å²) in [5.74, 6) is 1.13. The molecule has 7 nitrogen and oxygen atoms in total. The predicted octanol–water partition coefficient (Wildman–Crippen LogP) is 2.69. The van der Waals surface area contributed by atoms with Gasteiger partial charge in [-0.2, -0.15) is 4.98 Å². The molecule has 1 amide bonds. The van der Waals surface area contributed by atoms with Gasteiger partial charge in [-0.3, -0.25) is 14.3 Å². The number of hydrogen-bond acceptors (Lipinski definition) is 4. The minimum Gasteiger partial charge on any atom is -0.353 e. The molecule has 7 heteroatoms. The summed E-state index contributed by atoms with van der Waals surface area (Å²) in [6.45, 7) is 14.4. The minimum absolute atomic E-state index is 0.0511. The van der Waals surface area contributed by atoms with Gasteiger partial charge in [-0.1, -0.05) is 39.8 Å². The molecule has 0 unspecified atom stereocenters. The zero-order chi connectivity index (χ0) is 21.8. The molecular formula is C23H33N5O2. The summed E-state index contributed by atoms with van der Waals surface area (Å²) in [4.78, 5) is 31.3. The second kappa shape index (κ2) is 9.43. The number of hydrogen-bond donors (Lipinski definition) is 1. The Morgan fingerprint density at radius 3 is 2.47 bits per heavy atom. The van der Waals surface area contributed by atoms with Gasteiger partial charge in [-0.05, 0) is 30.9 Å². The molecule has 0 bridgehead atoms. The fourth-order valence-electron chi connectivity index (χ4n) is 4.06. The molecule has 0 aliphatic heterocycles. The maximum absolute atomic E-state index is 12.8. The van der Waals surface area contributed by atoms with E-state index in [1.807, 2.05) is 40.4 Å². The number of carbonyl (C=O) groups excluding carboxylic acids is 1. The number of carbonyl (C=O) groups is 1. The number of benzene rings is 1. The predicted molar refractivity (Wildman–Crippen MR) is 121 cm³/mol. The van der Waals surface area contributed by atoms with Crippen LogP contribution in [-0.4, -0.2) is 51.2 Å². The Bertz CT molecular complexity index is 1070. The highest BCUT2D eigenvalue weighted by atomic mass is 16.2. The third-order valence-corrected chi connectivity index (χ3v) is 5.04. The summed E-state index contributed by atoms with van der Waals surface area (Å²) in [6.07, 6.45) is 0. The van der Waals surface area contributed by atoms with Gasteiger partial charge >= 0.3 is 0 Å². The first-order chi connectivity index (χ1) is 14.3. The fourth-order valence-corrected chi connectivity index (χ4v) is 4.06. The van der Waals surface area contributed by atoms with Crippen LogP contribution in [0, 0.1) is 18.8 Å². The maximum Gasteiger partial charge on any atom is 0.273 e. The van der Waals surface area contributed by atoms with Crippen LogP contribution in [0.2, 0.25) is 0 Å². The van der Waals surface area contributed by atoms with Gasteiger partial charge in [0, 0.05) is 43.3 Å². The number of nitrogens with zero attached hydrogens (tertiary/aromatic N) is 4. The molecule has 162 valence electrons. The van der Waals surface area contributed by atoms with Gasteiger partial charge < -0.3 is 10.2 Å². The van der Waals surface area contributed by atoms with Crippen LogP contribution in [0.25, 0.3) is 16.6 Å². The summed E-state index contributed by atoms with van der Waals surface area (Å²) in [5, 5.41) is 3.93. The lowest BCUT2D eigenvalue weighted by atomic mass is 10.1. The van der Waals surface area contributed by atoms with Crippen LogP contribution in [0.1, 0.15) is 33.4 Å². The molecule has 0 saturated heterocycles. The summed E-state index contributed by atoms with van der Waals surface area (Å²) >= 11 is 0. The summed E-state index contributed by atoms with van der Waals surface area (Å²) in [7, 11) is 0. The second-order valence-corrected chi connectivity index (χ2v) is 8.84. The van der Waals surface area contributed by atoms with E-state index in [-0.39, 0.29) is 18.0 Å². The largest absolute Gasteiger partial charge is 0.353 e. The highest BCUT2D eigenvalue weighted by Crippen LogP contribution is 2.21. The topological polar surface area (TPSA) is 71.6 Å². The Morgan fingerprint density at radius 1 is 1.13 bits per heavy atom. The second-order valence-electron chi connectivity index (χ2n) is 8.84. The molecule has 2 heterocycles. The molecule has 0 aliphatic carbocycles. The van der Waals surface area contributed by atoms with Crippen molar-refractivity contribution < 1.29 is 4.79 Å². The molecule has 0 aliphatic rings. The monoisotopic (exact) mass is 411 g/mol. The van der Waals surface area contributed by atoms with E-state index in [1.165, 1.54) is 6.07 Å². The van der Waals surface area contributed by atoms with Crippen LogP contribution in [0.3, 0.4) is 0 Å². The third-order valence-electron chi connectivity index (χ3n) is 5.04. The molecule has 1 aromatic carbocycles. The van der Waals surface area contributed by atoms with Crippen molar-refractivity contribution in [2.45, 2.75) is 41.2 Å².